The number of fused-ring (bicyclic) bond motifs is 6. The second-order valence-electron chi connectivity index (χ2n) is 13.4. The fraction of sp³-hybridized carbons (Fsp3) is 1.00. The summed E-state index contributed by atoms with van der Waals surface area (Å²) in [5, 5.41) is 3.83. The van der Waals surface area contributed by atoms with Gasteiger partial charge in [-0.05, 0) is 123 Å². The molecule has 31 heavy (non-hydrogen) atoms. The monoisotopic (exact) mass is 430 g/mol. The highest BCUT2D eigenvalue weighted by Gasteiger charge is 2.49. The summed E-state index contributed by atoms with van der Waals surface area (Å²) >= 11 is 0. The van der Waals surface area contributed by atoms with E-state index in [1.165, 1.54) is 89.9 Å². The first-order valence-electron chi connectivity index (χ1n) is 14.3. The molecule has 0 aromatic carbocycles. The van der Waals surface area contributed by atoms with Crippen molar-refractivity contribution in [3.63, 3.8) is 0 Å². The van der Waals surface area contributed by atoms with Crippen molar-refractivity contribution >= 4 is 0 Å². The molecule has 180 valence electrons. The molecule has 6 aliphatic carbocycles. The van der Waals surface area contributed by atoms with Gasteiger partial charge in [0, 0.05) is 19.1 Å². The Labute approximate surface area is 194 Å². The summed E-state index contributed by atoms with van der Waals surface area (Å²) in [5.74, 6) is 6.02. The average molecular weight is 431 g/mol. The Bertz CT molecular complexity index is 505. The minimum atomic E-state index is 0.591. The predicted molar refractivity (Wildman–Crippen MR) is 134 cm³/mol. The summed E-state index contributed by atoms with van der Waals surface area (Å²) < 4.78 is 0. The molecule has 0 saturated heterocycles. The Hall–Kier alpha value is -0.0800. The standard InChI is InChI=1S/C29H54N2/c1-28(2)23-15-11-21(12-16-23)26(28)9-5-7-25(31-20-19-30)8-6-10-27-22-13-17-24(18-14-22)29(27,3)4/h21-27,31H,5-20,30H2,1-4H3. The molecule has 2 unspecified atom stereocenters. The van der Waals surface area contributed by atoms with Crippen molar-refractivity contribution in [1.29, 1.82) is 0 Å². The van der Waals surface area contributed by atoms with Crippen LogP contribution < -0.4 is 11.1 Å². The highest BCUT2D eigenvalue weighted by atomic mass is 14.9. The average Bonchev–Trinajstić information content (AvgIpc) is 2.76. The molecule has 0 aromatic rings. The lowest BCUT2D eigenvalue weighted by Crippen LogP contribution is -2.46. The van der Waals surface area contributed by atoms with Crippen LogP contribution in [0.15, 0.2) is 0 Å². The zero-order valence-corrected chi connectivity index (χ0v) is 21.4. The van der Waals surface area contributed by atoms with Crippen LogP contribution in [0, 0.1) is 46.3 Å². The zero-order valence-electron chi connectivity index (χ0n) is 21.4. The highest BCUT2D eigenvalue weighted by molar-refractivity contribution is 4.99. The maximum absolute atomic E-state index is 5.86. The van der Waals surface area contributed by atoms with E-state index in [0.29, 0.717) is 16.9 Å². The van der Waals surface area contributed by atoms with Crippen LogP contribution in [-0.2, 0) is 0 Å². The van der Waals surface area contributed by atoms with Gasteiger partial charge in [-0.2, -0.15) is 0 Å². The van der Waals surface area contributed by atoms with Gasteiger partial charge in [0.2, 0.25) is 0 Å². The van der Waals surface area contributed by atoms with E-state index in [9.17, 15) is 0 Å². The fourth-order valence-electron chi connectivity index (χ4n) is 9.37. The van der Waals surface area contributed by atoms with E-state index in [1.54, 1.807) is 0 Å². The predicted octanol–water partition coefficient (Wildman–Crippen LogP) is 7.17. The Morgan fingerprint density at radius 2 is 1.13 bits per heavy atom. The molecular weight excluding hydrogens is 376 g/mol. The zero-order chi connectivity index (χ0) is 22.1. The minimum Gasteiger partial charge on any atom is -0.329 e. The number of nitrogens with two attached hydrogens (primary N) is 1. The molecular formula is C29H54N2. The first-order valence-corrected chi connectivity index (χ1v) is 14.3. The Kier molecular flexibility index (Phi) is 7.79. The first-order chi connectivity index (χ1) is 14.8. The maximum atomic E-state index is 5.86. The van der Waals surface area contributed by atoms with Gasteiger partial charge in [0.25, 0.3) is 0 Å². The lowest BCUT2D eigenvalue weighted by atomic mass is 9.51. The molecule has 4 bridgehead atoms. The Morgan fingerprint density at radius 3 is 1.48 bits per heavy atom. The molecule has 6 fully saturated rings. The van der Waals surface area contributed by atoms with Crippen molar-refractivity contribution in [2.45, 2.75) is 124 Å². The van der Waals surface area contributed by atoms with Crippen molar-refractivity contribution in [3.8, 4) is 0 Å². The fourth-order valence-corrected chi connectivity index (χ4v) is 9.37. The molecule has 0 aliphatic heterocycles. The largest absolute Gasteiger partial charge is 0.329 e. The minimum absolute atomic E-state index is 0.591. The molecule has 2 atom stereocenters. The topological polar surface area (TPSA) is 38.0 Å². The van der Waals surface area contributed by atoms with Crippen LogP contribution in [0.25, 0.3) is 0 Å². The third-order valence-corrected chi connectivity index (χ3v) is 11.4. The second-order valence-corrected chi connectivity index (χ2v) is 13.4. The molecule has 0 aromatic heterocycles. The van der Waals surface area contributed by atoms with Gasteiger partial charge in [-0.1, -0.05) is 40.5 Å². The van der Waals surface area contributed by atoms with E-state index < -0.39 is 0 Å². The van der Waals surface area contributed by atoms with E-state index in [0.717, 1.165) is 48.6 Å². The van der Waals surface area contributed by atoms with Gasteiger partial charge in [0.1, 0.15) is 0 Å². The normalized spacial score (nSPS) is 39.0. The van der Waals surface area contributed by atoms with Gasteiger partial charge in [0.05, 0.1) is 0 Å². The van der Waals surface area contributed by atoms with Crippen molar-refractivity contribution in [3.05, 3.63) is 0 Å². The lowest BCUT2D eigenvalue weighted by Gasteiger charge is -2.55. The summed E-state index contributed by atoms with van der Waals surface area (Å²) in [6.45, 7) is 12.1. The SMILES string of the molecule is CC1(C)C2CCC(CC2)C1CCCC(CCCC1C2CCC(CC2)C1(C)C)NCCN. The van der Waals surface area contributed by atoms with E-state index in [1.807, 2.05) is 0 Å². The summed E-state index contributed by atoms with van der Waals surface area (Å²) in [5.41, 5.74) is 7.04. The molecule has 2 heteroatoms. The summed E-state index contributed by atoms with van der Waals surface area (Å²) in [4.78, 5) is 0. The van der Waals surface area contributed by atoms with Crippen LogP contribution in [-0.4, -0.2) is 19.1 Å². The van der Waals surface area contributed by atoms with Gasteiger partial charge < -0.3 is 11.1 Å². The first kappa shape index (κ1) is 24.1. The number of hydrogen-bond donors (Lipinski definition) is 2. The molecule has 0 radical (unpaired) electrons. The Morgan fingerprint density at radius 1 is 0.710 bits per heavy atom. The Balaban J connectivity index is 1.24. The van der Waals surface area contributed by atoms with E-state index in [2.05, 4.69) is 33.0 Å². The maximum Gasteiger partial charge on any atom is 0.00770 e. The lowest BCUT2D eigenvalue weighted by molar-refractivity contribution is -0.0483. The second kappa shape index (κ2) is 10.0. The third-order valence-electron chi connectivity index (χ3n) is 11.4. The van der Waals surface area contributed by atoms with Crippen LogP contribution in [0.2, 0.25) is 0 Å². The van der Waals surface area contributed by atoms with Crippen molar-refractivity contribution in [2.75, 3.05) is 13.1 Å². The molecule has 2 nitrogen and oxygen atoms in total. The van der Waals surface area contributed by atoms with E-state index in [-0.39, 0.29) is 0 Å². The summed E-state index contributed by atoms with van der Waals surface area (Å²) in [6.07, 6.45) is 20.6. The molecule has 3 N–H and O–H groups in total. The number of rotatable bonds is 11. The van der Waals surface area contributed by atoms with Crippen LogP contribution >= 0.6 is 0 Å². The van der Waals surface area contributed by atoms with Gasteiger partial charge in [-0.3, -0.25) is 0 Å². The molecule has 6 rings (SSSR count). The van der Waals surface area contributed by atoms with Crippen LogP contribution in [0.3, 0.4) is 0 Å². The summed E-state index contributed by atoms with van der Waals surface area (Å²) in [7, 11) is 0. The van der Waals surface area contributed by atoms with Crippen LogP contribution in [0.5, 0.6) is 0 Å². The highest BCUT2D eigenvalue weighted by Crippen LogP contribution is 2.58. The molecule has 0 heterocycles. The molecule has 6 aliphatic rings. The van der Waals surface area contributed by atoms with Crippen molar-refractivity contribution in [1.82, 2.24) is 5.32 Å². The molecule has 6 saturated carbocycles. The van der Waals surface area contributed by atoms with Crippen molar-refractivity contribution in [2.24, 2.45) is 52.1 Å². The number of hydrogen-bond acceptors (Lipinski definition) is 2. The van der Waals surface area contributed by atoms with Crippen molar-refractivity contribution < 1.29 is 0 Å². The molecule has 0 spiro atoms. The van der Waals surface area contributed by atoms with Gasteiger partial charge in [-0.15, -0.1) is 0 Å². The van der Waals surface area contributed by atoms with Gasteiger partial charge in [0.15, 0.2) is 0 Å². The van der Waals surface area contributed by atoms with Crippen LogP contribution in [0.1, 0.15) is 118 Å². The van der Waals surface area contributed by atoms with Gasteiger partial charge in [-0.25, -0.2) is 0 Å². The van der Waals surface area contributed by atoms with Crippen LogP contribution in [0.4, 0.5) is 0 Å². The molecule has 0 amide bonds. The van der Waals surface area contributed by atoms with E-state index >= 15 is 0 Å². The summed E-state index contributed by atoms with van der Waals surface area (Å²) in [6, 6.07) is 0.691. The quantitative estimate of drug-likeness (QED) is 0.364. The number of nitrogens with one attached hydrogen (secondary N) is 1. The van der Waals surface area contributed by atoms with E-state index in [4.69, 9.17) is 5.73 Å². The smallest absolute Gasteiger partial charge is 0.00770 e. The van der Waals surface area contributed by atoms with Gasteiger partial charge >= 0.3 is 0 Å². The third kappa shape index (κ3) is 5.06.